The predicted molar refractivity (Wildman–Crippen MR) is 65.6 cm³/mol. The van der Waals surface area contributed by atoms with Gasteiger partial charge < -0.3 is 10.6 Å². The first-order chi connectivity index (χ1) is 7.91. The van der Waals surface area contributed by atoms with Crippen molar-refractivity contribution < 1.29 is 8.78 Å². The highest BCUT2D eigenvalue weighted by molar-refractivity contribution is 5.23. The summed E-state index contributed by atoms with van der Waals surface area (Å²) in [6.07, 6.45) is 0. The van der Waals surface area contributed by atoms with Crippen LogP contribution >= 0.6 is 0 Å². The van der Waals surface area contributed by atoms with Crippen LogP contribution in [-0.2, 0) is 0 Å². The molecule has 0 heterocycles. The Morgan fingerprint density at radius 2 is 1.71 bits per heavy atom. The first kappa shape index (κ1) is 14.1. The van der Waals surface area contributed by atoms with Gasteiger partial charge in [-0.25, -0.2) is 8.78 Å². The second-order valence-electron chi connectivity index (χ2n) is 4.86. The molecule has 1 atom stereocenters. The lowest BCUT2D eigenvalue weighted by molar-refractivity contribution is 0.275. The lowest BCUT2D eigenvalue weighted by Gasteiger charge is -2.23. The summed E-state index contributed by atoms with van der Waals surface area (Å²) in [6.45, 7) is 5.47. The molecule has 0 aliphatic carbocycles. The molecule has 0 spiro atoms. The minimum atomic E-state index is -0.639. The Labute approximate surface area is 101 Å². The van der Waals surface area contributed by atoms with E-state index in [-0.39, 0.29) is 5.56 Å². The van der Waals surface area contributed by atoms with Crippen LogP contribution in [0.5, 0.6) is 0 Å². The van der Waals surface area contributed by atoms with Crippen LogP contribution in [0.15, 0.2) is 18.2 Å². The summed E-state index contributed by atoms with van der Waals surface area (Å²) in [6, 6.07) is 3.18. The molecule has 0 fully saturated rings. The lowest BCUT2D eigenvalue weighted by atomic mass is 10.1. The number of benzene rings is 1. The average Bonchev–Trinajstić information content (AvgIpc) is 2.15. The highest BCUT2D eigenvalue weighted by Crippen LogP contribution is 2.19. The smallest absolute Gasteiger partial charge is 0.130 e. The average molecular weight is 242 g/mol. The standard InChI is InChI=1S/C13H20F2N2/c1-9(2)7-17(3)8-12(16)13-10(14)5-4-6-11(13)15/h4-6,9,12H,7-8,16H2,1-3H3. The summed E-state index contributed by atoms with van der Waals surface area (Å²) >= 11 is 0. The second kappa shape index (κ2) is 6.07. The zero-order valence-corrected chi connectivity index (χ0v) is 10.6. The van der Waals surface area contributed by atoms with Gasteiger partial charge in [0.05, 0.1) is 0 Å². The first-order valence-electron chi connectivity index (χ1n) is 5.79. The van der Waals surface area contributed by atoms with E-state index >= 15 is 0 Å². The molecule has 0 radical (unpaired) electrons. The van der Waals surface area contributed by atoms with Gasteiger partial charge in [0, 0.05) is 24.7 Å². The van der Waals surface area contributed by atoms with Gasteiger partial charge in [-0.2, -0.15) is 0 Å². The van der Waals surface area contributed by atoms with Gasteiger partial charge in [0.1, 0.15) is 11.6 Å². The maximum atomic E-state index is 13.5. The first-order valence-corrected chi connectivity index (χ1v) is 5.79. The molecule has 0 aliphatic heterocycles. The summed E-state index contributed by atoms with van der Waals surface area (Å²) in [5, 5.41) is 0. The van der Waals surface area contributed by atoms with Crippen LogP contribution in [0.1, 0.15) is 25.5 Å². The number of rotatable bonds is 5. The van der Waals surface area contributed by atoms with Crippen molar-refractivity contribution in [2.24, 2.45) is 11.7 Å². The molecule has 0 aromatic heterocycles. The Hall–Kier alpha value is -1.00. The van der Waals surface area contributed by atoms with E-state index in [0.717, 1.165) is 6.54 Å². The summed E-state index contributed by atoms with van der Waals surface area (Å²) in [5.41, 5.74) is 5.83. The van der Waals surface area contributed by atoms with Gasteiger partial charge >= 0.3 is 0 Å². The van der Waals surface area contributed by atoms with Crippen molar-refractivity contribution >= 4 is 0 Å². The van der Waals surface area contributed by atoms with E-state index in [2.05, 4.69) is 13.8 Å². The molecule has 0 aliphatic rings. The van der Waals surface area contributed by atoms with Crippen molar-refractivity contribution in [1.29, 1.82) is 0 Å². The van der Waals surface area contributed by atoms with Crippen molar-refractivity contribution in [1.82, 2.24) is 4.90 Å². The number of hydrogen-bond donors (Lipinski definition) is 1. The third-order valence-electron chi connectivity index (χ3n) is 2.56. The molecule has 0 saturated heterocycles. The molecule has 0 amide bonds. The van der Waals surface area contributed by atoms with E-state index in [1.54, 1.807) is 0 Å². The highest BCUT2D eigenvalue weighted by atomic mass is 19.1. The monoisotopic (exact) mass is 242 g/mol. The van der Waals surface area contributed by atoms with Crippen molar-refractivity contribution in [2.45, 2.75) is 19.9 Å². The van der Waals surface area contributed by atoms with Crippen LogP contribution in [0.3, 0.4) is 0 Å². The molecule has 2 N–H and O–H groups in total. The number of nitrogens with two attached hydrogens (primary N) is 1. The van der Waals surface area contributed by atoms with Crippen LogP contribution in [0.4, 0.5) is 8.78 Å². The summed E-state index contributed by atoms with van der Waals surface area (Å²) < 4.78 is 27.0. The summed E-state index contributed by atoms with van der Waals surface area (Å²) in [7, 11) is 1.90. The minimum Gasteiger partial charge on any atom is -0.323 e. The fourth-order valence-electron chi connectivity index (χ4n) is 1.99. The van der Waals surface area contributed by atoms with Crippen LogP contribution in [-0.4, -0.2) is 25.0 Å². The molecule has 0 saturated carbocycles. The number of likely N-dealkylation sites (N-methyl/N-ethyl adjacent to an activating group) is 1. The third-order valence-corrected chi connectivity index (χ3v) is 2.56. The molecule has 1 aromatic carbocycles. The Morgan fingerprint density at radius 1 is 1.18 bits per heavy atom. The van der Waals surface area contributed by atoms with Crippen molar-refractivity contribution in [3.05, 3.63) is 35.4 Å². The number of hydrogen-bond acceptors (Lipinski definition) is 2. The zero-order valence-electron chi connectivity index (χ0n) is 10.6. The van der Waals surface area contributed by atoms with Gasteiger partial charge in [-0.1, -0.05) is 19.9 Å². The van der Waals surface area contributed by atoms with Gasteiger partial charge in [0.15, 0.2) is 0 Å². The van der Waals surface area contributed by atoms with E-state index in [9.17, 15) is 8.78 Å². The van der Waals surface area contributed by atoms with Crippen LogP contribution < -0.4 is 5.73 Å². The van der Waals surface area contributed by atoms with Crippen molar-refractivity contribution in [3.8, 4) is 0 Å². The van der Waals surface area contributed by atoms with Crippen molar-refractivity contribution in [3.63, 3.8) is 0 Å². The predicted octanol–water partition coefficient (Wildman–Crippen LogP) is 2.55. The SMILES string of the molecule is CC(C)CN(C)CC(N)c1c(F)cccc1F. The van der Waals surface area contributed by atoms with Gasteiger partial charge in [0.25, 0.3) is 0 Å². The number of halogens is 2. The van der Waals surface area contributed by atoms with E-state index in [4.69, 9.17) is 5.73 Å². The Morgan fingerprint density at radius 3 is 2.18 bits per heavy atom. The fourth-order valence-corrected chi connectivity index (χ4v) is 1.99. The normalized spacial score (nSPS) is 13.4. The van der Waals surface area contributed by atoms with Gasteiger partial charge in [-0.15, -0.1) is 0 Å². The molecule has 96 valence electrons. The topological polar surface area (TPSA) is 29.3 Å². The molecule has 17 heavy (non-hydrogen) atoms. The van der Waals surface area contributed by atoms with Crippen LogP contribution in [0, 0.1) is 17.6 Å². The summed E-state index contributed by atoms with van der Waals surface area (Å²) in [5.74, 6) is -0.649. The lowest BCUT2D eigenvalue weighted by Crippen LogP contribution is -2.32. The molecular weight excluding hydrogens is 222 g/mol. The zero-order chi connectivity index (χ0) is 13.0. The second-order valence-corrected chi connectivity index (χ2v) is 4.86. The summed E-state index contributed by atoms with van der Waals surface area (Å²) in [4.78, 5) is 1.99. The molecular formula is C13H20F2N2. The van der Waals surface area contributed by atoms with E-state index in [1.807, 2.05) is 11.9 Å². The molecule has 1 unspecified atom stereocenters. The molecule has 2 nitrogen and oxygen atoms in total. The quantitative estimate of drug-likeness (QED) is 0.859. The minimum absolute atomic E-state index is 0.0249. The Kier molecular flexibility index (Phi) is 5.02. The largest absolute Gasteiger partial charge is 0.323 e. The molecule has 0 bridgehead atoms. The maximum absolute atomic E-state index is 13.5. The number of nitrogens with zero attached hydrogens (tertiary/aromatic N) is 1. The van der Waals surface area contributed by atoms with Gasteiger partial charge in [-0.3, -0.25) is 0 Å². The van der Waals surface area contributed by atoms with Crippen molar-refractivity contribution in [2.75, 3.05) is 20.1 Å². The van der Waals surface area contributed by atoms with E-state index in [0.29, 0.717) is 12.5 Å². The Bertz CT molecular complexity index is 346. The highest BCUT2D eigenvalue weighted by Gasteiger charge is 2.18. The maximum Gasteiger partial charge on any atom is 0.130 e. The van der Waals surface area contributed by atoms with Gasteiger partial charge in [-0.05, 0) is 25.1 Å². The third kappa shape index (κ3) is 4.06. The molecule has 1 aromatic rings. The Balaban J connectivity index is 2.73. The molecule has 1 rings (SSSR count). The van der Waals surface area contributed by atoms with Crippen LogP contribution in [0.25, 0.3) is 0 Å². The van der Waals surface area contributed by atoms with E-state index in [1.165, 1.54) is 18.2 Å². The fraction of sp³-hybridized carbons (Fsp3) is 0.538. The van der Waals surface area contributed by atoms with Gasteiger partial charge in [0.2, 0.25) is 0 Å². The molecule has 4 heteroatoms. The van der Waals surface area contributed by atoms with Crippen LogP contribution in [0.2, 0.25) is 0 Å². The van der Waals surface area contributed by atoms with E-state index < -0.39 is 17.7 Å².